The quantitative estimate of drug-likeness (QED) is 0.404. The van der Waals surface area contributed by atoms with E-state index in [1.54, 1.807) is 0 Å². The zero-order valence-corrected chi connectivity index (χ0v) is 15.2. The lowest BCUT2D eigenvalue weighted by molar-refractivity contribution is 0.0541. The van der Waals surface area contributed by atoms with E-state index in [1.165, 1.54) is 12.0 Å². The van der Waals surface area contributed by atoms with E-state index in [4.69, 9.17) is 10.6 Å². The number of fused-ring (bicyclic) bond motifs is 1. The predicted octanol–water partition coefficient (Wildman–Crippen LogP) is 2.85. The van der Waals surface area contributed by atoms with E-state index in [9.17, 15) is 5.11 Å². The molecular weight excluding hydrogens is 312 g/mol. The average Bonchev–Trinajstić information content (AvgIpc) is 2.95. The van der Waals surface area contributed by atoms with Crippen molar-refractivity contribution in [2.45, 2.75) is 38.2 Å². The minimum atomic E-state index is -0.171. The molecule has 3 rings (SSSR count). The van der Waals surface area contributed by atoms with Crippen LogP contribution in [0.25, 0.3) is 0 Å². The second kappa shape index (κ2) is 8.95. The smallest absolute Gasteiger partial charge is 0.0804 e. The normalized spacial score (nSPS) is 35.2. The maximum atomic E-state index is 10.7. The maximum Gasteiger partial charge on any atom is 0.0804 e. The fourth-order valence-electron chi connectivity index (χ4n) is 5.06. The van der Waals surface area contributed by atoms with Crippen LogP contribution in [0, 0.1) is 23.7 Å². The van der Waals surface area contributed by atoms with Gasteiger partial charge in [0.05, 0.1) is 12.7 Å². The Morgan fingerprint density at radius 2 is 2.04 bits per heavy atom. The van der Waals surface area contributed by atoms with Crippen LogP contribution >= 0.6 is 0 Å². The van der Waals surface area contributed by atoms with Crippen LogP contribution in [0.4, 0.5) is 0 Å². The summed E-state index contributed by atoms with van der Waals surface area (Å²) < 4.78 is 0. The van der Waals surface area contributed by atoms with E-state index >= 15 is 0 Å². The molecule has 0 amide bonds. The lowest BCUT2D eigenvalue weighted by atomic mass is 9.65. The average molecular weight is 344 g/mol. The first kappa shape index (κ1) is 18.6. The third kappa shape index (κ3) is 4.50. The molecule has 6 atom stereocenters. The number of aliphatic hydroxyl groups is 1. The molecule has 4 N–H and O–H groups in total. The number of benzene rings is 1. The highest BCUT2D eigenvalue weighted by Gasteiger charge is 2.47. The van der Waals surface area contributed by atoms with Crippen LogP contribution in [-0.2, 0) is 4.84 Å². The molecule has 0 radical (unpaired) electrons. The molecule has 2 aliphatic carbocycles. The molecule has 2 saturated carbocycles. The molecule has 0 unspecified atom stereocenters. The Morgan fingerprint density at radius 1 is 1.24 bits per heavy atom. The van der Waals surface area contributed by atoms with E-state index < -0.39 is 0 Å². The van der Waals surface area contributed by atoms with Crippen molar-refractivity contribution in [1.29, 1.82) is 0 Å². The molecule has 0 bridgehead atoms. The maximum absolute atomic E-state index is 10.7. The van der Waals surface area contributed by atoms with E-state index in [0.29, 0.717) is 49.3 Å². The van der Waals surface area contributed by atoms with Gasteiger partial charge in [0.2, 0.25) is 0 Å². The number of hydroxylamine groups is 1. The molecule has 25 heavy (non-hydrogen) atoms. The summed E-state index contributed by atoms with van der Waals surface area (Å²) in [6.45, 7) is 4.10. The lowest BCUT2D eigenvalue weighted by Crippen LogP contribution is -2.33. The van der Waals surface area contributed by atoms with E-state index in [2.05, 4.69) is 54.9 Å². The molecule has 0 saturated heterocycles. The van der Waals surface area contributed by atoms with Crippen LogP contribution in [0.2, 0.25) is 0 Å². The van der Waals surface area contributed by atoms with Crippen LogP contribution in [-0.4, -0.2) is 30.9 Å². The molecule has 2 fully saturated rings. The Bertz CT molecular complexity index is 548. The Balaban J connectivity index is 1.59. The summed E-state index contributed by atoms with van der Waals surface area (Å²) in [6, 6.07) is 10.8. The van der Waals surface area contributed by atoms with E-state index in [-0.39, 0.29) is 6.10 Å². The number of hydrogen-bond acceptors (Lipinski definition) is 4. The Labute approximate surface area is 151 Å². The van der Waals surface area contributed by atoms with Crippen LogP contribution in [0.5, 0.6) is 0 Å². The minimum absolute atomic E-state index is 0.171. The number of hydrogen-bond donors (Lipinski definition) is 3. The molecule has 0 spiro atoms. The van der Waals surface area contributed by atoms with Crippen LogP contribution < -0.4 is 11.2 Å². The summed E-state index contributed by atoms with van der Waals surface area (Å²) in [5.74, 6) is 2.71. The molecule has 2 aliphatic rings. The van der Waals surface area contributed by atoms with Gasteiger partial charge >= 0.3 is 0 Å². The highest BCUT2D eigenvalue weighted by molar-refractivity contribution is 5.21. The van der Waals surface area contributed by atoms with Crippen molar-refractivity contribution in [3.05, 3.63) is 48.0 Å². The molecule has 4 nitrogen and oxygen atoms in total. The summed E-state index contributed by atoms with van der Waals surface area (Å²) >= 11 is 0. The van der Waals surface area contributed by atoms with Crippen LogP contribution in [0.15, 0.2) is 42.5 Å². The van der Waals surface area contributed by atoms with Crippen LogP contribution in [0.3, 0.4) is 0 Å². The van der Waals surface area contributed by atoms with Gasteiger partial charge in [0.15, 0.2) is 0 Å². The zero-order chi connectivity index (χ0) is 17.6. The van der Waals surface area contributed by atoms with Gasteiger partial charge in [0.25, 0.3) is 0 Å². The van der Waals surface area contributed by atoms with Gasteiger partial charge < -0.3 is 15.7 Å². The molecular formula is C21H32N2O2. The lowest BCUT2D eigenvalue weighted by Gasteiger charge is -2.39. The van der Waals surface area contributed by atoms with Crippen molar-refractivity contribution in [2.24, 2.45) is 29.4 Å². The summed E-state index contributed by atoms with van der Waals surface area (Å²) in [5, 5.41) is 10.7. The standard InChI is InChI=1S/C21H32N2O2/c1-15-12-18(16-6-3-2-4-7-16)13-19-20(24)14-17(21(15)19)8-5-10-23-25-11-9-22/h2-8,15,17-21,23-24H,9-14,22H2,1H3/b8-5+/t15-,17-,18-,19+,20-,21+/m0/s1. The first-order chi connectivity index (χ1) is 12.2. The van der Waals surface area contributed by atoms with Crippen molar-refractivity contribution in [3.63, 3.8) is 0 Å². The molecule has 4 heteroatoms. The predicted molar refractivity (Wildman–Crippen MR) is 101 cm³/mol. The van der Waals surface area contributed by atoms with Crippen LogP contribution in [0.1, 0.15) is 37.7 Å². The number of aliphatic hydroxyl groups excluding tert-OH is 1. The number of nitrogens with two attached hydrogens (primary N) is 1. The second-order valence-electron chi connectivity index (χ2n) is 7.68. The summed E-state index contributed by atoms with van der Waals surface area (Å²) in [5.41, 5.74) is 9.72. The Morgan fingerprint density at radius 3 is 2.80 bits per heavy atom. The van der Waals surface area contributed by atoms with Gasteiger partial charge in [0.1, 0.15) is 0 Å². The third-order valence-electron chi connectivity index (χ3n) is 6.04. The number of allylic oxidation sites excluding steroid dienone is 1. The van der Waals surface area contributed by atoms with Gasteiger partial charge in [-0.25, -0.2) is 0 Å². The molecule has 0 heterocycles. The van der Waals surface area contributed by atoms with Crippen molar-refractivity contribution >= 4 is 0 Å². The van der Waals surface area contributed by atoms with Crippen molar-refractivity contribution < 1.29 is 9.94 Å². The van der Waals surface area contributed by atoms with Gasteiger partial charge in [-0.05, 0) is 54.4 Å². The molecule has 1 aromatic rings. The monoisotopic (exact) mass is 344 g/mol. The minimum Gasteiger partial charge on any atom is -0.393 e. The van der Waals surface area contributed by atoms with Gasteiger partial charge in [-0.2, -0.15) is 5.48 Å². The topological polar surface area (TPSA) is 67.5 Å². The van der Waals surface area contributed by atoms with Gasteiger partial charge in [-0.1, -0.05) is 49.4 Å². The largest absolute Gasteiger partial charge is 0.393 e. The summed E-state index contributed by atoms with van der Waals surface area (Å²) in [7, 11) is 0. The fraction of sp³-hybridized carbons (Fsp3) is 0.619. The van der Waals surface area contributed by atoms with Gasteiger partial charge in [-0.3, -0.25) is 0 Å². The van der Waals surface area contributed by atoms with Gasteiger partial charge in [0, 0.05) is 13.1 Å². The zero-order valence-electron chi connectivity index (χ0n) is 15.2. The molecule has 1 aromatic carbocycles. The highest BCUT2D eigenvalue weighted by atomic mass is 16.6. The first-order valence-electron chi connectivity index (χ1n) is 9.65. The van der Waals surface area contributed by atoms with Crippen molar-refractivity contribution in [2.75, 3.05) is 19.7 Å². The van der Waals surface area contributed by atoms with E-state index in [0.717, 1.165) is 12.8 Å². The molecule has 0 aliphatic heterocycles. The molecule has 0 aromatic heterocycles. The first-order valence-corrected chi connectivity index (χ1v) is 9.65. The third-order valence-corrected chi connectivity index (χ3v) is 6.04. The summed E-state index contributed by atoms with van der Waals surface area (Å²) in [4.78, 5) is 5.18. The van der Waals surface area contributed by atoms with Gasteiger partial charge in [-0.15, -0.1) is 0 Å². The number of rotatable bonds is 7. The number of nitrogens with one attached hydrogen (secondary N) is 1. The molecule has 138 valence electrons. The Hall–Kier alpha value is -1.20. The summed E-state index contributed by atoms with van der Waals surface area (Å²) in [6.07, 6.45) is 7.47. The second-order valence-corrected chi connectivity index (χ2v) is 7.68. The fourth-order valence-corrected chi connectivity index (χ4v) is 5.06. The SMILES string of the molecule is C[C@H]1C[C@H](c2ccccc2)C[C@H]2[C@H]1[C@@H](/C=C/CNOCCN)C[C@@H]2O. The highest BCUT2D eigenvalue weighted by Crippen LogP contribution is 2.53. The Kier molecular flexibility index (Phi) is 6.65. The van der Waals surface area contributed by atoms with Crippen molar-refractivity contribution in [3.8, 4) is 0 Å². The van der Waals surface area contributed by atoms with Crippen molar-refractivity contribution in [1.82, 2.24) is 5.48 Å². The van der Waals surface area contributed by atoms with E-state index in [1.807, 2.05) is 0 Å².